The average Bonchev–Trinajstić information content (AvgIpc) is 2.21. The van der Waals surface area contributed by atoms with Crippen LogP contribution < -0.4 is 0 Å². The van der Waals surface area contributed by atoms with Gasteiger partial charge in [0.05, 0.1) is 5.76 Å². The molecule has 0 aliphatic heterocycles. The van der Waals surface area contributed by atoms with Gasteiger partial charge in [0.2, 0.25) is 0 Å². The van der Waals surface area contributed by atoms with Gasteiger partial charge < -0.3 is 5.11 Å². The van der Waals surface area contributed by atoms with Gasteiger partial charge in [-0.15, -0.1) is 0 Å². The number of allylic oxidation sites excluding steroid dienone is 4. The van der Waals surface area contributed by atoms with Crippen LogP contribution in [0.3, 0.4) is 0 Å². The molecule has 2 aliphatic rings. The highest BCUT2D eigenvalue weighted by molar-refractivity contribution is 5.11. The molecule has 1 fully saturated rings. The zero-order valence-electron chi connectivity index (χ0n) is 9.21. The molecule has 0 spiro atoms. The SMILES string of the molecule is CC1CCCCC1.OC1=CC=CCC1. The molecule has 0 amide bonds. The summed E-state index contributed by atoms with van der Waals surface area (Å²) in [5.41, 5.74) is 0. The van der Waals surface area contributed by atoms with Crippen molar-refractivity contribution >= 4 is 0 Å². The maximum absolute atomic E-state index is 8.72. The Labute approximate surface area is 87.5 Å². The summed E-state index contributed by atoms with van der Waals surface area (Å²) in [6.45, 7) is 2.36. The average molecular weight is 194 g/mol. The summed E-state index contributed by atoms with van der Waals surface area (Å²) in [4.78, 5) is 0. The third-order valence-corrected chi connectivity index (χ3v) is 2.89. The first-order valence-electron chi connectivity index (χ1n) is 5.83. The van der Waals surface area contributed by atoms with E-state index < -0.39 is 0 Å². The quantitative estimate of drug-likeness (QED) is 0.607. The molecule has 1 nitrogen and oxygen atoms in total. The summed E-state index contributed by atoms with van der Waals surface area (Å²) < 4.78 is 0. The number of aliphatic hydroxyl groups is 1. The van der Waals surface area contributed by atoms with Crippen molar-refractivity contribution in [1.29, 1.82) is 0 Å². The van der Waals surface area contributed by atoms with E-state index in [9.17, 15) is 0 Å². The summed E-state index contributed by atoms with van der Waals surface area (Å²) in [5, 5.41) is 8.72. The van der Waals surface area contributed by atoms with E-state index in [1.807, 2.05) is 12.2 Å². The second kappa shape index (κ2) is 6.69. The molecule has 80 valence electrons. The fourth-order valence-corrected chi connectivity index (χ4v) is 1.90. The van der Waals surface area contributed by atoms with E-state index in [1.54, 1.807) is 6.08 Å². The number of rotatable bonds is 0. The Balaban J connectivity index is 0.000000140. The summed E-state index contributed by atoms with van der Waals surface area (Å²) in [5.74, 6) is 1.54. The van der Waals surface area contributed by atoms with Gasteiger partial charge in [0, 0.05) is 6.42 Å². The molecular formula is C13H22O. The van der Waals surface area contributed by atoms with Crippen LogP contribution in [0.4, 0.5) is 0 Å². The summed E-state index contributed by atoms with van der Waals surface area (Å²) in [6, 6.07) is 0. The van der Waals surface area contributed by atoms with Gasteiger partial charge in [0.15, 0.2) is 0 Å². The zero-order chi connectivity index (χ0) is 10.2. The highest BCUT2D eigenvalue weighted by Gasteiger charge is 2.05. The van der Waals surface area contributed by atoms with Crippen LogP contribution in [0.2, 0.25) is 0 Å². The highest BCUT2D eigenvalue weighted by Crippen LogP contribution is 2.22. The molecule has 1 saturated carbocycles. The molecule has 0 bridgehead atoms. The fourth-order valence-electron chi connectivity index (χ4n) is 1.90. The number of hydrogen-bond acceptors (Lipinski definition) is 1. The monoisotopic (exact) mass is 194 g/mol. The van der Waals surface area contributed by atoms with Crippen LogP contribution in [0.25, 0.3) is 0 Å². The van der Waals surface area contributed by atoms with Crippen LogP contribution in [0.15, 0.2) is 24.0 Å². The Bertz CT molecular complexity index is 197. The Morgan fingerprint density at radius 1 is 1.21 bits per heavy atom. The van der Waals surface area contributed by atoms with Crippen molar-refractivity contribution < 1.29 is 5.11 Å². The number of hydrogen-bond donors (Lipinski definition) is 1. The van der Waals surface area contributed by atoms with Crippen LogP contribution in [0, 0.1) is 5.92 Å². The molecule has 14 heavy (non-hydrogen) atoms. The van der Waals surface area contributed by atoms with Crippen molar-refractivity contribution in [2.24, 2.45) is 5.92 Å². The van der Waals surface area contributed by atoms with Gasteiger partial charge >= 0.3 is 0 Å². The molecule has 0 aromatic rings. The predicted molar refractivity (Wildman–Crippen MR) is 61.3 cm³/mol. The minimum absolute atomic E-state index is 0.502. The van der Waals surface area contributed by atoms with Crippen LogP contribution in [0.5, 0.6) is 0 Å². The minimum Gasteiger partial charge on any atom is -0.512 e. The van der Waals surface area contributed by atoms with Crippen molar-refractivity contribution in [2.45, 2.75) is 51.9 Å². The van der Waals surface area contributed by atoms with Gasteiger partial charge in [-0.25, -0.2) is 0 Å². The third kappa shape index (κ3) is 5.11. The lowest BCUT2D eigenvalue weighted by Crippen LogP contribution is -1.99. The van der Waals surface area contributed by atoms with Crippen molar-refractivity contribution in [3.05, 3.63) is 24.0 Å². The molecule has 0 aromatic heterocycles. The van der Waals surface area contributed by atoms with Gasteiger partial charge in [0.25, 0.3) is 0 Å². The second-order valence-electron chi connectivity index (χ2n) is 4.37. The lowest BCUT2D eigenvalue weighted by Gasteiger charge is -2.15. The van der Waals surface area contributed by atoms with E-state index in [4.69, 9.17) is 5.11 Å². The molecule has 0 radical (unpaired) electrons. The van der Waals surface area contributed by atoms with E-state index in [0.29, 0.717) is 5.76 Å². The molecule has 0 unspecified atom stereocenters. The Morgan fingerprint density at radius 3 is 2.21 bits per heavy atom. The largest absolute Gasteiger partial charge is 0.512 e. The van der Waals surface area contributed by atoms with E-state index >= 15 is 0 Å². The van der Waals surface area contributed by atoms with Crippen molar-refractivity contribution in [3.8, 4) is 0 Å². The first-order valence-corrected chi connectivity index (χ1v) is 5.83. The standard InChI is InChI=1S/C7H14.C6H8O/c1-7-5-3-2-4-6-7;7-6-4-2-1-3-5-6/h7H,2-6H2,1H3;1-2,4,7H,3,5H2. The lowest BCUT2D eigenvalue weighted by atomic mass is 9.91. The second-order valence-corrected chi connectivity index (χ2v) is 4.37. The summed E-state index contributed by atoms with van der Waals surface area (Å²) in [6.07, 6.45) is 14.9. The molecule has 1 heteroatoms. The van der Waals surface area contributed by atoms with Gasteiger partial charge in [0.1, 0.15) is 0 Å². The number of aliphatic hydroxyl groups excluding tert-OH is 1. The van der Waals surface area contributed by atoms with Gasteiger partial charge in [-0.3, -0.25) is 0 Å². The first-order chi connectivity index (χ1) is 6.79. The lowest BCUT2D eigenvalue weighted by molar-refractivity contribution is 0.385. The molecule has 0 atom stereocenters. The van der Waals surface area contributed by atoms with E-state index in [-0.39, 0.29) is 0 Å². The minimum atomic E-state index is 0.502. The van der Waals surface area contributed by atoms with Crippen molar-refractivity contribution in [1.82, 2.24) is 0 Å². The first kappa shape index (κ1) is 11.4. The normalized spacial score (nSPS) is 22.2. The molecule has 2 rings (SSSR count). The van der Waals surface area contributed by atoms with E-state index in [1.165, 1.54) is 32.1 Å². The third-order valence-electron chi connectivity index (χ3n) is 2.89. The highest BCUT2D eigenvalue weighted by atomic mass is 16.3. The molecular weight excluding hydrogens is 172 g/mol. The van der Waals surface area contributed by atoms with Gasteiger partial charge in [-0.05, 0) is 18.4 Å². The fraction of sp³-hybridized carbons (Fsp3) is 0.692. The van der Waals surface area contributed by atoms with Gasteiger partial charge in [-0.2, -0.15) is 0 Å². The van der Waals surface area contributed by atoms with Gasteiger partial charge in [-0.1, -0.05) is 51.2 Å². The molecule has 0 aromatic carbocycles. The maximum atomic E-state index is 8.72. The van der Waals surface area contributed by atoms with Crippen LogP contribution in [0.1, 0.15) is 51.9 Å². The van der Waals surface area contributed by atoms with Crippen molar-refractivity contribution in [2.75, 3.05) is 0 Å². The van der Waals surface area contributed by atoms with E-state index in [0.717, 1.165) is 18.8 Å². The Kier molecular flexibility index (Phi) is 5.43. The zero-order valence-corrected chi connectivity index (χ0v) is 9.21. The topological polar surface area (TPSA) is 20.2 Å². The van der Waals surface area contributed by atoms with Crippen LogP contribution >= 0.6 is 0 Å². The maximum Gasteiger partial charge on any atom is 0.0925 e. The molecule has 0 heterocycles. The van der Waals surface area contributed by atoms with Crippen LogP contribution in [-0.2, 0) is 0 Å². The summed E-state index contributed by atoms with van der Waals surface area (Å²) in [7, 11) is 0. The molecule has 0 saturated heterocycles. The smallest absolute Gasteiger partial charge is 0.0925 e. The van der Waals surface area contributed by atoms with E-state index in [2.05, 4.69) is 6.92 Å². The molecule has 2 aliphatic carbocycles. The summed E-state index contributed by atoms with van der Waals surface area (Å²) >= 11 is 0. The van der Waals surface area contributed by atoms with Crippen LogP contribution in [-0.4, -0.2) is 5.11 Å². The van der Waals surface area contributed by atoms with Crippen molar-refractivity contribution in [3.63, 3.8) is 0 Å². The predicted octanol–water partition coefficient (Wildman–Crippen LogP) is 4.36. The Hall–Kier alpha value is -0.720. The Morgan fingerprint density at radius 2 is 1.93 bits per heavy atom. The molecule has 1 N–H and O–H groups in total.